The summed E-state index contributed by atoms with van der Waals surface area (Å²) in [6.07, 6.45) is 4.74. The fraction of sp³-hybridized carbons (Fsp3) is 0.900. The van der Waals surface area contributed by atoms with E-state index in [0.29, 0.717) is 0 Å². The number of carbonyl (C=O) groups excluding carboxylic acids is 1. The third-order valence-corrected chi connectivity index (χ3v) is 2.44. The summed E-state index contributed by atoms with van der Waals surface area (Å²) >= 11 is 0. The highest BCUT2D eigenvalue weighted by Gasteiger charge is 2.27. The zero-order valence-electron chi connectivity index (χ0n) is 8.68. The molecule has 2 N–H and O–H groups in total. The van der Waals surface area contributed by atoms with Crippen molar-refractivity contribution in [2.24, 2.45) is 5.73 Å². The Morgan fingerprint density at radius 3 is 2.00 bits per heavy atom. The average molecular weight is 184 g/mol. The number of hydrogen-bond acceptors (Lipinski definition) is 2. The Balaban J connectivity index is 2.54. The van der Waals surface area contributed by atoms with Gasteiger partial charge >= 0.3 is 0 Å². The van der Waals surface area contributed by atoms with Crippen molar-refractivity contribution < 1.29 is 4.79 Å². The third-order valence-electron chi connectivity index (χ3n) is 2.44. The van der Waals surface area contributed by atoms with Crippen LogP contribution in [0.1, 0.15) is 39.5 Å². The van der Waals surface area contributed by atoms with Crippen LogP contribution in [-0.4, -0.2) is 29.4 Å². The lowest BCUT2D eigenvalue weighted by Crippen LogP contribution is -2.51. The molecule has 0 aromatic heterocycles. The van der Waals surface area contributed by atoms with Gasteiger partial charge in [-0.05, 0) is 26.7 Å². The second-order valence-corrected chi connectivity index (χ2v) is 4.43. The van der Waals surface area contributed by atoms with Gasteiger partial charge in [-0.25, -0.2) is 0 Å². The molecule has 0 spiro atoms. The van der Waals surface area contributed by atoms with Gasteiger partial charge in [-0.1, -0.05) is 12.8 Å². The van der Waals surface area contributed by atoms with Crippen molar-refractivity contribution in [3.8, 4) is 0 Å². The molecule has 1 rings (SSSR count). The van der Waals surface area contributed by atoms with Crippen LogP contribution in [0.25, 0.3) is 0 Å². The van der Waals surface area contributed by atoms with Crippen LogP contribution in [0, 0.1) is 0 Å². The van der Waals surface area contributed by atoms with Crippen LogP contribution in [-0.2, 0) is 4.79 Å². The molecule has 3 heteroatoms. The Kier molecular flexibility index (Phi) is 3.31. The summed E-state index contributed by atoms with van der Waals surface area (Å²) in [5.41, 5.74) is 5.07. The van der Waals surface area contributed by atoms with Gasteiger partial charge in [0.05, 0.1) is 5.54 Å². The summed E-state index contributed by atoms with van der Waals surface area (Å²) in [5, 5.41) is 0. The molecule has 0 atom stereocenters. The first-order valence-electron chi connectivity index (χ1n) is 5.10. The summed E-state index contributed by atoms with van der Waals surface area (Å²) in [6, 6.07) is 0. The van der Waals surface area contributed by atoms with Gasteiger partial charge in [0, 0.05) is 13.1 Å². The standard InChI is InChI=1S/C10H20N2O/c1-10(2,11)9(13)12-7-5-3-4-6-8-12/h3-8,11H2,1-2H3. The maximum atomic E-state index is 11.8. The van der Waals surface area contributed by atoms with Crippen LogP contribution in [0.5, 0.6) is 0 Å². The highest BCUT2D eigenvalue weighted by molar-refractivity contribution is 5.85. The molecule has 13 heavy (non-hydrogen) atoms. The number of hydrogen-bond donors (Lipinski definition) is 1. The Morgan fingerprint density at radius 1 is 1.15 bits per heavy atom. The predicted octanol–water partition coefficient (Wildman–Crippen LogP) is 1.13. The van der Waals surface area contributed by atoms with E-state index in [1.165, 1.54) is 12.8 Å². The largest absolute Gasteiger partial charge is 0.341 e. The van der Waals surface area contributed by atoms with Crippen molar-refractivity contribution in [2.45, 2.75) is 45.1 Å². The summed E-state index contributed by atoms with van der Waals surface area (Å²) < 4.78 is 0. The van der Waals surface area contributed by atoms with Gasteiger partial charge in [0.15, 0.2) is 0 Å². The van der Waals surface area contributed by atoms with Gasteiger partial charge < -0.3 is 10.6 Å². The van der Waals surface area contributed by atoms with E-state index in [2.05, 4.69) is 0 Å². The first kappa shape index (κ1) is 10.5. The van der Waals surface area contributed by atoms with E-state index >= 15 is 0 Å². The number of rotatable bonds is 1. The maximum Gasteiger partial charge on any atom is 0.242 e. The van der Waals surface area contributed by atoms with Crippen LogP contribution in [0.2, 0.25) is 0 Å². The quantitative estimate of drug-likeness (QED) is 0.664. The van der Waals surface area contributed by atoms with Crippen molar-refractivity contribution in [3.05, 3.63) is 0 Å². The normalized spacial score (nSPS) is 19.8. The SMILES string of the molecule is CC(C)(N)C(=O)N1CCCCCC1. The first-order valence-corrected chi connectivity index (χ1v) is 5.10. The Labute approximate surface area is 80.3 Å². The van der Waals surface area contributed by atoms with Crippen molar-refractivity contribution in [1.82, 2.24) is 4.90 Å². The van der Waals surface area contributed by atoms with Gasteiger partial charge in [0.1, 0.15) is 0 Å². The molecule has 1 saturated heterocycles. The number of carbonyl (C=O) groups is 1. The minimum Gasteiger partial charge on any atom is -0.341 e. The molecule has 0 aliphatic carbocycles. The zero-order chi connectivity index (χ0) is 9.90. The van der Waals surface area contributed by atoms with Crippen LogP contribution < -0.4 is 5.73 Å². The fourth-order valence-corrected chi connectivity index (χ4v) is 1.68. The average Bonchev–Trinajstić information content (AvgIpc) is 2.28. The molecule has 1 aliphatic heterocycles. The minimum atomic E-state index is -0.704. The van der Waals surface area contributed by atoms with Gasteiger partial charge in [0.2, 0.25) is 5.91 Å². The van der Waals surface area contributed by atoms with Crippen molar-refractivity contribution in [3.63, 3.8) is 0 Å². The topological polar surface area (TPSA) is 46.3 Å². The summed E-state index contributed by atoms with van der Waals surface area (Å²) in [4.78, 5) is 13.7. The summed E-state index contributed by atoms with van der Waals surface area (Å²) in [7, 11) is 0. The van der Waals surface area contributed by atoms with Crippen LogP contribution in [0.15, 0.2) is 0 Å². The van der Waals surface area contributed by atoms with Gasteiger partial charge in [0.25, 0.3) is 0 Å². The Hall–Kier alpha value is -0.570. The van der Waals surface area contributed by atoms with Crippen LogP contribution in [0.3, 0.4) is 0 Å². The fourth-order valence-electron chi connectivity index (χ4n) is 1.68. The van der Waals surface area contributed by atoms with Crippen LogP contribution in [0.4, 0.5) is 0 Å². The van der Waals surface area contributed by atoms with Crippen LogP contribution >= 0.6 is 0 Å². The van der Waals surface area contributed by atoms with Crippen molar-refractivity contribution >= 4 is 5.91 Å². The zero-order valence-corrected chi connectivity index (χ0v) is 8.68. The molecule has 0 aromatic rings. The van der Waals surface area contributed by atoms with E-state index in [1.54, 1.807) is 13.8 Å². The maximum absolute atomic E-state index is 11.8. The van der Waals surface area contributed by atoms with E-state index in [0.717, 1.165) is 25.9 Å². The number of likely N-dealkylation sites (tertiary alicyclic amines) is 1. The molecule has 1 heterocycles. The lowest BCUT2D eigenvalue weighted by molar-refractivity contribution is -0.135. The molecule has 1 aliphatic rings. The van der Waals surface area contributed by atoms with Gasteiger partial charge in [-0.15, -0.1) is 0 Å². The molecular formula is C10H20N2O. The number of nitrogens with zero attached hydrogens (tertiary/aromatic N) is 1. The van der Waals surface area contributed by atoms with Crippen molar-refractivity contribution in [2.75, 3.05) is 13.1 Å². The second-order valence-electron chi connectivity index (χ2n) is 4.43. The molecule has 0 saturated carbocycles. The third kappa shape index (κ3) is 2.99. The number of amides is 1. The van der Waals surface area contributed by atoms with E-state index in [-0.39, 0.29) is 5.91 Å². The number of nitrogens with two attached hydrogens (primary N) is 1. The van der Waals surface area contributed by atoms with Gasteiger partial charge in [-0.3, -0.25) is 4.79 Å². The van der Waals surface area contributed by atoms with Gasteiger partial charge in [-0.2, -0.15) is 0 Å². The predicted molar refractivity (Wildman–Crippen MR) is 53.3 cm³/mol. The smallest absolute Gasteiger partial charge is 0.242 e. The molecule has 1 fully saturated rings. The molecule has 0 bridgehead atoms. The Morgan fingerprint density at radius 2 is 1.62 bits per heavy atom. The van der Waals surface area contributed by atoms with Crippen molar-refractivity contribution in [1.29, 1.82) is 0 Å². The minimum absolute atomic E-state index is 0.0920. The Bertz CT molecular complexity index is 176. The van der Waals surface area contributed by atoms with E-state index in [1.807, 2.05) is 4.90 Å². The lowest BCUT2D eigenvalue weighted by Gasteiger charge is -2.28. The van der Waals surface area contributed by atoms with E-state index in [4.69, 9.17) is 5.73 Å². The molecule has 0 radical (unpaired) electrons. The van der Waals surface area contributed by atoms with E-state index < -0.39 is 5.54 Å². The highest BCUT2D eigenvalue weighted by atomic mass is 16.2. The first-order chi connectivity index (χ1) is 6.02. The molecule has 76 valence electrons. The monoisotopic (exact) mass is 184 g/mol. The summed E-state index contributed by atoms with van der Waals surface area (Å²) in [5.74, 6) is 0.0920. The lowest BCUT2D eigenvalue weighted by atomic mass is 10.1. The second kappa shape index (κ2) is 4.09. The molecular weight excluding hydrogens is 164 g/mol. The van der Waals surface area contributed by atoms with E-state index in [9.17, 15) is 4.79 Å². The molecule has 3 nitrogen and oxygen atoms in total. The highest BCUT2D eigenvalue weighted by Crippen LogP contribution is 2.13. The molecule has 0 unspecified atom stereocenters. The molecule has 0 aromatic carbocycles. The molecule has 1 amide bonds. The summed E-state index contributed by atoms with van der Waals surface area (Å²) in [6.45, 7) is 5.33.